The molecule has 10 nitrogen and oxygen atoms in total. The Labute approximate surface area is 258 Å². The molecule has 1 aromatic heterocycles. The van der Waals surface area contributed by atoms with Gasteiger partial charge in [-0.3, -0.25) is 9.59 Å². The number of amides is 2. The molecule has 4 aromatic rings. The zero-order valence-electron chi connectivity index (χ0n) is 25.9. The van der Waals surface area contributed by atoms with Crippen LogP contribution in [0.15, 0.2) is 66.7 Å². The van der Waals surface area contributed by atoms with Crippen LogP contribution in [0.4, 0.5) is 0 Å². The van der Waals surface area contributed by atoms with Crippen molar-refractivity contribution in [1.82, 2.24) is 25.2 Å². The van der Waals surface area contributed by atoms with Crippen LogP contribution in [0.1, 0.15) is 62.2 Å². The molecular formula is C34H41N5O5. The predicted octanol–water partition coefficient (Wildman–Crippen LogP) is 5.28. The largest absolute Gasteiger partial charge is 0.493 e. The Balaban J connectivity index is 1.60. The van der Waals surface area contributed by atoms with Crippen molar-refractivity contribution in [3.05, 3.63) is 77.9 Å². The van der Waals surface area contributed by atoms with Crippen molar-refractivity contribution >= 4 is 22.8 Å². The minimum Gasteiger partial charge on any atom is -0.493 e. The van der Waals surface area contributed by atoms with E-state index in [4.69, 9.17) is 14.2 Å². The maximum absolute atomic E-state index is 14.6. The van der Waals surface area contributed by atoms with E-state index in [2.05, 4.69) is 15.6 Å². The smallest absolute Gasteiger partial charge is 0.248 e. The lowest BCUT2D eigenvalue weighted by atomic mass is 9.94. The third-order valence-corrected chi connectivity index (χ3v) is 8.38. The topological polar surface area (TPSA) is 108 Å². The fourth-order valence-corrected chi connectivity index (χ4v) is 6.04. The summed E-state index contributed by atoms with van der Waals surface area (Å²) in [6.45, 7) is 2.09. The molecular weight excluding hydrogens is 558 g/mol. The van der Waals surface area contributed by atoms with E-state index in [0.29, 0.717) is 41.3 Å². The lowest BCUT2D eigenvalue weighted by Crippen LogP contribution is -2.49. The molecule has 10 heteroatoms. The van der Waals surface area contributed by atoms with Crippen LogP contribution in [-0.2, 0) is 16.0 Å². The summed E-state index contributed by atoms with van der Waals surface area (Å²) in [5.41, 5.74) is 3.05. The van der Waals surface area contributed by atoms with Crippen molar-refractivity contribution in [1.29, 1.82) is 0 Å². The highest BCUT2D eigenvalue weighted by atomic mass is 16.5. The summed E-state index contributed by atoms with van der Waals surface area (Å²) in [6, 6.07) is 19.3. The number of ether oxygens (including phenoxy) is 3. The number of hydrogen-bond acceptors (Lipinski definition) is 7. The van der Waals surface area contributed by atoms with E-state index < -0.39 is 12.1 Å². The maximum atomic E-state index is 14.6. The van der Waals surface area contributed by atoms with E-state index in [1.165, 1.54) is 21.3 Å². The number of rotatable bonds is 12. The number of carbonyl (C=O) groups excluding carboxylic acids is 2. The van der Waals surface area contributed by atoms with Crippen molar-refractivity contribution in [2.45, 2.75) is 63.6 Å². The van der Waals surface area contributed by atoms with E-state index in [-0.39, 0.29) is 17.9 Å². The molecule has 2 atom stereocenters. The first-order chi connectivity index (χ1) is 21.4. The van der Waals surface area contributed by atoms with Crippen molar-refractivity contribution in [2.24, 2.45) is 0 Å². The average molecular weight is 600 g/mol. The Morgan fingerprint density at radius 1 is 0.932 bits per heavy atom. The van der Waals surface area contributed by atoms with Crippen molar-refractivity contribution in [3.63, 3.8) is 0 Å². The van der Waals surface area contributed by atoms with Crippen molar-refractivity contribution < 1.29 is 23.8 Å². The minimum absolute atomic E-state index is 0.0450. The second-order valence-electron chi connectivity index (χ2n) is 11.2. The van der Waals surface area contributed by atoms with E-state index in [9.17, 15) is 9.59 Å². The quantitative estimate of drug-likeness (QED) is 0.236. The first kappa shape index (κ1) is 30.8. The van der Waals surface area contributed by atoms with Crippen LogP contribution in [0.2, 0.25) is 0 Å². The maximum Gasteiger partial charge on any atom is 0.248 e. The molecule has 1 aliphatic rings. The van der Waals surface area contributed by atoms with Crippen LogP contribution in [0, 0.1) is 0 Å². The Hall–Kier alpha value is -4.60. The fourth-order valence-electron chi connectivity index (χ4n) is 6.04. The highest BCUT2D eigenvalue weighted by Crippen LogP contribution is 2.41. The van der Waals surface area contributed by atoms with Gasteiger partial charge in [-0.2, -0.15) is 0 Å². The summed E-state index contributed by atoms with van der Waals surface area (Å²) < 4.78 is 18.5. The Bertz CT molecular complexity index is 1540. The summed E-state index contributed by atoms with van der Waals surface area (Å²) in [5, 5.41) is 11.9. The van der Waals surface area contributed by atoms with Crippen LogP contribution in [-0.4, -0.2) is 65.6 Å². The lowest BCUT2D eigenvalue weighted by molar-refractivity contribution is -0.143. The van der Waals surface area contributed by atoms with Crippen LogP contribution >= 0.6 is 0 Å². The van der Waals surface area contributed by atoms with Gasteiger partial charge < -0.3 is 24.4 Å². The molecule has 1 fully saturated rings. The standard InChI is InChI=1S/C34H41N5O5/c1-23(39-28-18-12-11-17-27(28)36-37-39)34(41)38(20-19-24-13-7-5-8-14-24)31(33(40)35-26-15-9-6-10-16-26)25-21-29(42-2)32(44-4)30(22-25)43-3/h5,7-8,11-14,17-18,21-23,26,31H,6,9-10,15-16,19-20H2,1-4H3,(H,35,40)/t23-,31-/m1/s1. The van der Waals surface area contributed by atoms with Gasteiger partial charge in [0, 0.05) is 12.6 Å². The number of carbonyl (C=O) groups is 2. The molecule has 0 bridgehead atoms. The minimum atomic E-state index is -0.973. The molecule has 1 aliphatic carbocycles. The molecule has 1 saturated carbocycles. The third-order valence-electron chi connectivity index (χ3n) is 8.38. The van der Waals surface area contributed by atoms with E-state index in [1.54, 1.807) is 28.6 Å². The zero-order valence-corrected chi connectivity index (χ0v) is 25.9. The summed E-state index contributed by atoms with van der Waals surface area (Å²) in [7, 11) is 4.61. The van der Waals surface area contributed by atoms with Gasteiger partial charge in [0.25, 0.3) is 0 Å². The van der Waals surface area contributed by atoms with Gasteiger partial charge in [0.2, 0.25) is 17.6 Å². The Morgan fingerprint density at radius 2 is 1.59 bits per heavy atom. The van der Waals surface area contributed by atoms with E-state index in [0.717, 1.165) is 43.2 Å². The average Bonchev–Trinajstić information content (AvgIpc) is 3.50. The monoisotopic (exact) mass is 599 g/mol. The van der Waals surface area contributed by atoms with Gasteiger partial charge >= 0.3 is 0 Å². The van der Waals surface area contributed by atoms with E-state index >= 15 is 0 Å². The first-order valence-electron chi connectivity index (χ1n) is 15.2. The van der Waals surface area contributed by atoms with E-state index in [1.807, 2.05) is 54.6 Å². The van der Waals surface area contributed by atoms with Crippen molar-refractivity contribution in [2.75, 3.05) is 27.9 Å². The number of methoxy groups -OCH3 is 3. The second-order valence-corrected chi connectivity index (χ2v) is 11.2. The highest BCUT2D eigenvalue weighted by Gasteiger charge is 2.37. The number of para-hydroxylation sites is 1. The Kier molecular flexibility index (Phi) is 9.99. The summed E-state index contributed by atoms with van der Waals surface area (Å²) in [5.74, 6) is 0.721. The molecule has 3 aromatic carbocycles. The normalized spacial score (nSPS) is 14.9. The number of benzene rings is 3. The molecule has 232 valence electrons. The Morgan fingerprint density at radius 3 is 2.25 bits per heavy atom. The summed E-state index contributed by atoms with van der Waals surface area (Å²) in [6.07, 6.45) is 5.66. The van der Waals surface area contributed by atoms with Crippen LogP contribution in [0.25, 0.3) is 11.0 Å². The molecule has 0 unspecified atom stereocenters. The van der Waals surface area contributed by atoms with Gasteiger partial charge in [-0.1, -0.05) is 66.9 Å². The SMILES string of the molecule is COc1cc([C@H](C(=O)NC2CCCCC2)N(CCc2ccccc2)C(=O)[C@@H](C)n2nnc3ccccc32)cc(OC)c1OC. The van der Waals surface area contributed by atoms with Crippen LogP contribution in [0.3, 0.4) is 0 Å². The molecule has 2 amide bonds. The molecule has 0 saturated heterocycles. The van der Waals surface area contributed by atoms with Crippen LogP contribution in [0.5, 0.6) is 17.2 Å². The molecule has 5 rings (SSSR count). The molecule has 1 N–H and O–H groups in total. The summed E-state index contributed by atoms with van der Waals surface area (Å²) >= 11 is 0. The fraction of sp³-hybridized carbons (Fsp3) is 0.412. The third kappa shape index (κ3) is 6.64. The zero-order chi connectivity index (χ0) is 31.1. The number of nitrogens with one attached hydrogen (secondary N) is 1. The molecule has 0 spiro atoms. The molecule has 44 heavy (non-hydrogen) atoms. The van der Waals surface area contributed by atoms with Gasteiger partial charge in [-0.15, -0.1) is 5.10 Å². The molecule has 0 radical (unpaired) electrons. The number of fused-ring (bicyclic) bond motifs is 1. The predicted molar refractivity (Wildman–Crippen MR) is 168 cm³/mol. The van der Waals surface area contributed by atoms with Gasteiger partial charge in [-0.05, 0) is 61.6 Å². The second kappa shape index (κ2) is 14.2. The van der Waals surface area contributed by atoms with Gasteiger partial charge in [0.1, 0.15) is 17.6 Å². The van der Waals surface area contributed by atoms with Gasteiger partial charge in [-0.25, -0.2) is 4.68 Å². The van der Waals surface area contributed by atoms with Crippen LogP contribution < -0.4 is 19.5 Å². The number of hydrogen-bond donors (Lipinski definition) is 1. The lowest BCUT2D eigenvalue weighted by Gasteiger charge is -2.35. The first-order valence-corrected chi connectivity index (χ1v) is 15.2. The van der Waals surface area contributed by atoms with Gasteiger partial charge in [0.05, 0.1) is 26.8 Å². The van der Waals surface area contributed by atoms with Crippen molar-refractivity contribution in [3.8, 4) is 17.2 Å². The number of aromatic nitrogens is 3. The number of nitrogens with zero attached hydrogens (tertiary/aromatic N) is 4. The summed E-state index contributed by atoms with van der Waals surface area (Å²) in [4.78, 5) is 30.7. The highest BCUT2D eigenvalue weighted by molar-refractivity contribution is 5.91. The van der Waals surface area contributed by atoms with Gasteiger partial charge in [0.15, 0.2) is 11.5 Å². The molecule has 1 heterocycles. The molecule has 0 aliphatic heterocycles.